The fraction of sp³-hybridized carbons (Fsp3) is 0.455. The van der Waals surface area contributed by atoms with E-state index < -0.39 is 5.54 Å². The summed E-state index contributed by atoms with van der Waals surface area (Å²) in [6.07, 6.45) is 4.23. The van der Waals surface area contributed by atoms with Gasteiger partial charge in [0, 0.05) is 4.88 Å². The van der Waals surface area contributed by atoms with Gasteiger partial charge < -0.3 is 5.32 Å². The zero-order valence-electron chi connectivity index (χ0n) is 16.0. The first-order valence-electron chi connectivity index (χ1n) is 9.63. The number of nitriles is 1. The average molecular weight is 382 g/mol. The molecule has 1 saturated carbocycles. The summed E-state index contributed by atoms with van der Waals surface area (Å²) in [5.74, 6) is 0.153. The molecule has 0 saturated heterocycles. The van der Waals surface area contributed by atoms with E-state index in [1.54, 1.807) is 11.3 Å². The van der Waals surface area contributed by atoms with Crippen LogP contribution in [0.25, 0.3) is 0 Å². The Hall–Kier alpha value is -2.16. The van der Waals surface area contributed by atoms with E-state index in [4.69, 9.17) is 0 Å². The van der Waals surface area contributed by atoms with E-state index in [1.165, 1.54) is 10.4 Å². The minimum atomic E-state index is -0.751. The highest BCUT2D eigenvalue weighted by molar-refractivity contribution is 7.10. The Bertz CT molecular complexity index is 790. The number of carbonyl (C=O) groups is 1. The predicted molar refractivity (Wildman–Crippen MR) is 109 cm³/mol. The van der Waals surface area contributed by atoms with Gasteiger partial charge in [-0.3, -0.25) is 10.1 Å². The van der Waals surface area contributed by atoms with Crippen LogP contribution in [-0.2, 0) is 11.2 Å². The van der Waals surface area contributed by atoms with Gasteiger partial charge in [-0.1, -0.05) is 43.7 Å². The van der Waals surface area contributed by atoms with Gasteiger partial charge in [-0.2, -0.15) is 5.26 Å². The zero-order chi connectivity index (χ0) is 19.3. The summed E-state index contributed by atoms with van der Waals surface area (Å²) in [5, 5.41) is 17.8. The molecule has 0 spiro atoms. The number of thiophene rings is 1. The summed E-state index contributed by atoms with van der Waals surface area (Å²) in [4.78, 5) is 13.7. The van der Waals surface area contributed by atoms with Crippen molar-refractivity contribution in [3.05, 3.63) is 57.8 Å². The molecule has 1 aromatic carbocycles. The van der Waals surface area contributed by atoms with Gasteiger partial charge >= 0.3 is 0 Å². The molecule has 2 atom stereocenters. The van der Waals surface area contributed by atoms with Gasteiger partial charge in [0.05, 0.1) is 18.7 Å². The lowest BCUT2D eigenvalue weighted by molar-refractivity contribution is -0.121. The average Bonchev–Trinajstić information content (AvgIpc) is 3.40. The van der Waals surface area contributed by atoms with Crippen LogP contribution in [0.5, 0.6) is 0 Å². The number of hydrogen-bond donors (Lipinski definition) is 2. The molecule has 3 rings (SSSR count). The van der Waals surface area contributed by atoms with Crippen LogP contribution in [0.1, 0.15) is 55.2 Å². The Kier molecular flexibility index (Phi) is 6.30. The summed E-state index contributed by atoms with van der Waals surface area (Å²) in [6.45, 7) is 4.19. The van der Waals surface area contributed by atoms with Gasteiger partial charge in [0.15, 0.2) is 0 Å². The molecule has 4 nitrogen and oxygen atoms in total. The molecule has 2 N–H and O–H groups in total. The summed E-state index contributed by atoms with van der Waals surface area (Å²) in [5.41, 5.74) is 1.73. The van der Waals surface area contributed by atoms with E-state index in [1.807, 2.05) is 13.0 Å². The number of aryl methyl sites for hydroxylation is 1. The largest absolute Gasteiger partial charge is 0.337 e. The molecule has 2 aromatic rings. The molecule has 1 amide bonds. The monoisotopic (exact) mass is 381 g/mol. The minimum absolute atomic E-state index is 0.0271. The second-order valence-electron chi connectivity index (χ2n) is 7.46. The summed E-state index contributed by atoms with van der Waals surface area (Å²) < 4.78 is 0. The van der Waals surface area contributed by atoms with Crippen LogP contribution in [0.4, 0.5) is 0 Å². The van der Waals surface area contributed by atoms with Crippen LogP contribution in [0.3, 0.4) is 0 Å². The van der Waals surface area contributed by atoms with E-state index in [9.17, 15) is 10.1 Å². The van der Waals surface area contributed by atoms with Crippen molar-refractivity contribution < 1.29 is 4.79 Å². The predicted octanol–water partition coefficient (Wildman–Crippen LogP) is 4.19. The molecule has 0 unspecified atom stereocenters. The molecule has 0 aliphatic heterocycles. The third-order valence-corrected chi connectivity index (χ3v) is 6.11. The minimum Gasteiger partial charge on any atom is -0.337 e. The van der Waals surface area contributed by atoms with Crippen molar-refractivity contribution in [3.63, 3.8) is 0 Å². The highest BCUT2D eigenvalue weighted by Crippen LogP contribution is 2.39. The maximum Gasteiger partial charge on any atom is 0.235 e. The molecule has 5 heteroatoms. The standard InChI is InChI=1S/C22H27N3OS/c1-3-5-16-7-9-17(10-8-16)21(19-6-4-13-27-19)24-14-20(26)25-22(2,15-23)18-11-12-18/h4,6-10,13,18,21,24H,3,5,11-12,14H2,1-2H3,(H,25,26)/t21-,22+/m0/s1. The number of benzene rings is 1. The first-order chi connectivity index (χ1) is 13.1. The molecular formula is C22H27N3OS. The SMILES string of the molecule is CCCc1ccc([C@H](NCC(=O)N[C@](C)(C#N)C2CC2)c2cccs2)cc1. The molecule has 142 valence electrons. The lowest BCUT2D eigenvalue weighted by Gasteiger charge is -2.24. The Labute approximate surface area is 165 Å². The van der Waals surface area contributed by atoms with Crippen molar-refractivity contribution in [1.29, 1.82) is 5.26 Å². The normalized spacial score (nSPS) is 16.9. The Morgan fingerprint density at radius 2 is 2.07 bits per heavy atom. The van der Waals surface area contributed by atoms with Crippen molar-refractivity contribution in [1.82, 2.24) is 10.6 Å². The van der Waals surface area contributed by atoms with Gasteiger partial charge in [0.1, 0.15) is 5.54 Å². The first kappa shape index (κ1) is 19.6. The zero-order valence-corrected chi connectivity index (χ0v) is 16.8. The van der Waals surface area contributed by atoms with Crippen LogP contribution < -0.4 is 10.6 Å². The Morgan fingerprint density at radius 3 is 2.63 bits per heavy atom. The molecule has 1 aliphatic rings. The molecule has 1 aromatic heterocycles. The molecule has 0 radical (unpaired) electrons. The van der Waals surface area contributed by atoms with Crippen LogP contribution in [-0.4, -0.2) is 18.0 Å². The van der Waals surface area contributed by atoms with Gasteiger partial charge in [0.25, 0.3) is 0 Å². The van der Waals surface area contributed by atoms with Crippen molar-refractivity contribution >= 4 is 17.2 Å². The van der Waals surface area contributed by atoms with Crippen LogP contribution in [0.2, 0.25) is 0 Å². The number of amides is 1. The van der Waals surface area contributed by atoms with Gasteiger partial charge in [0.2, 0.25) is 5.91 Å². The van der Waals surface area contributed by atoms with E-state index in [0.717, 1.165) is 31.2 Å². The topological polar surface area (TPSA) is 64.9 Å². The third kappa shape index (κ3) is 4.97. The number of nitrogens with zero attached hydrogens (tertiary/aromatic N) is 1. The lowest BCUT2D eigenvalue weighted by atomic mass is 9.98. The maximum atomic E-state index is 12.5. The van der Waals surface area contributed by atoms with E-state index in [0.29, 0.717) is 0 Å². The van der Waals surface area contributed by atoms with Crippen LogP contribution in [0, 0.1) is 17.2 Å². The van der Waals surface area contributed by atoms with Gasteiger partial charge in [-0.05, 0) is 54.7 Å². The van der Waals surface area contributed by atoms with Crippen LogP contribution >= 0.6 is 11.3 Å². The van der Waals surface area contributed by atoms with Gasteiger partial charge in [-0.25, -0.2) is 0 Å². The Morgan fingerprint density at radius 1 is 1.33 bits per heavy atom. The fourth-order valence-electron chi connectivity index (χ4n) is 3.41. The molecule has 27 heavy (non-hydrogen) atoms. The summed E-state index contributed by atoms with van der Waals surface area (Å²) in [7, 11) is 0. The van der Waals surface area contributed by atoms with Crippen molar-refractivity contribution in [2.45, 2.75) is 51.1 Å². The highest BCUT2D eigenvalue weighted by atomic mass is 32.1. The lowest BCUT2D eigenvalue weighted by Crippen LogP contribution is -2.49. The van der Waals surface area contributed by atoms with Crippen molar-refractivity contribution in [2.75, 3.05) is 6.54 Å². The summed E-state index contributed by atoms with van der Waals surface area (Å²) in [6, 6.07) is 15.0. The molecule has 1 heterocycles. The van der Waals surface area contributed by atoms with E-state index in [2.05, 4.69) is 59.3 Å². The van der Waals surface area contributed by atoms with Crippen LogP contribution in [0.15, 0.2) is 41.8 Å². The fourth-order valence-corrected chi connectivity index (χ4v) is 4.24. The third-order valence-electron chi connectivity index (χ3n) is 5.17. The first-order valence-corrected chi connectivity index (χ1v) is 10.5. The van der Waals surface area contributed by atoms with Gasteiger partial charge in [-0.15, -0.1) is 11.3 Å². The van der Waals surface area contributed by atoms with E-state index in [-0.39, 0.29) is 24.4 Å². The van der Waals surface area contributed by atoms with E-state index >= 15 is 0 Å². The number of carbonyl (C=O) groups excluding carboxylic acids is 1. The van der Waals surface area contributed by atoms with Crippen molar-refractivity contribution in [3.8, 4) is 6.07 Å². The highest BCUT2D eigenvalue weighted by Gasteiger charge is 2.42. The maximum absolute atomic E-state index is 12.5. The Balaban J connectivity index is 1.67. The molecule has 1 aliphatic carbocycles. The molecule has 0 bridgehead atoms. The number of nitrogens with one attached hydrogen (secondary N) is 2. The second-order valence-corrected chi connectivity index (χ2v) is 8.44. The molecule has 1 fully saturated rings. The summed E-state index contributed by atoms with van der Waals surface area (Å²) >= 11 is 1.68. The van der Waals surface area contributed by atoms with Crippen molar-refractivity contribution in [2.24, 2.45) is 5.92 Å². The quantitative estimate of drug-likeness (QED) is 0.684. The number of rotatable bonds is 9. The molecular weight excluding hydrogens is 354 g/mol. The number of hydrogen-bond acceptors (Lipinski definition) is 4. The smallest absolute Gasteiger partial charge is 0.235 e. The second kappa shape index (κ2) is 8.69.